The number of rotatable bonds is 12. The van der Waals surface area contributed by atoms with Crippen LogP contribution in [0.5, 0.6) is 0 Å². The van der Waals surface area contributed by atoms with E-state index in [2.05, 4.69) is 16.0 Å². The molecule has 1 rings (SSSR count). The van der Waals surface area contributed by atoms with E-state index in [9.17, 15) is 24.0 Å². The lowest BCUT2D eigenvalue weighted by Gasteiger charge is -2.40. The topological polar surface area (TPSA) is 169 Å². The predicted octanol–water partition coefficient (Wildman–Crippen LogP) is -0.453. The van der Waals surface area contributed by atoms with Gasteiger partial charge in [0.15, 0.2) is 0 Å². The van der Waals surface area contributed by atoms with Gasteiger partial charge in [0, 0.05) is 6.54 Å². The summed E-state index contributed by atoms with van der Waals surface area (Å²) < 4.78 is 10.3. The normalized spacial score (nSPS) is 20.3. The van der Waals surface area contributed by atoms with Gasteiger partial charge in [-0.1, -0.05) is 41.5 Å². The SMILES string of the molecule is COC(=O)[C@H](NC(=O)[C@@H](CC(C)C)NC(=O)CNC(=O)[C@@H]1[C@@H](C)OCCN1C(=O)[C@H](N)C(C)C)C(C)C. The molecule has 1 heterocycles. The highest BCUT2D eigenvalue weighted by atomic mass is 16.5. The van der Waals surface area contributed by atoms with Crippen molar-refractivity contribution in [2.45, 2.75) is 85.2 Å². The van der Waals surface area contributed by atoms with Gasteiger partial charge in [-0.25, -0.2) is 4.79 Å². The molecule has 12 nitrogen and oxygen atoms in total. The first-order valence-electron chi connectivity index (χ1n) is 12.8. The van der Waals surface area contributed by atoms with Crippen molar-refractivity contribution < 1.29 is 33.4 Å². The van der Waals surface area contributed by atoms with Gasteiger partial charge in [-0.2, -0.15) is 0 Å². The number of hydrogen-bond acceptors (Lipinski definition) is 8. The average molecular weight is 528 g/mol. The monoisotopic (exact) mass is 527 g/mol. The van der Waals surface area contributed by atoms with Crippen LogP contribution in [0.2, 0.25) is 0 Å². The fourth-order valence-corrected chi connectivity index (χ4v) is 4.00. The molecular formula is C25H45N5O7. The Balaban J connectivity index is 2.87. The van der Waals surface area contributed by atoms with Gasteiger partial charge in [-0.15, -0.1) is 0 Å². The van der Waals surface area contributed by atoms with Crippen LogP contribution in [0.15, 0.2) is 0 Å². The number of carbonyl (C=O) groups excluding carboxylic acids is 5. The molecule has 1 fully saturated rings. The maximum Gasteiger partial charge on any atom is 0.328 e. The first-order valence-corrected chi connectivity index (χ1v) is 12.8. The summed E-state index contributed by atoms with van der Waals surface area (Å²) in [7, 11) is 1.24. The van der Waals surface area contributed by atoms with Crippen LogP contribution in [0.4, 0.5) is 0 Å². The zero-order chi connectivity index (χ0) is 28.4. The van der Waals surface area contributed by atoms with Gasteiger partial charge in [-0.05, 0) is 31.1 Å². The van der Waals surface area contributed by atoms with Gasteiger partial charge in [0.1, 0.15) is 18.1 Å². The largest absolute Gasteiger partial charge is 0.467 e. The van der Waals surface area contributed by atoms with E-state index in [-0.39, 0.29) is 36.8 Å². The lowest BCUT2D eigenvalue weighted by Crippen LogP contribution is -2.63. The molecule has 0 spiro atoms. The molecule has 0 aromatic carbocycles. The van der Waals surface area contributed by atoms with Gasteiger partial charge < -0.3 is 36.1 Å². The Labute approximate surface area is 219 Å². The van der Waals surface area contributed by atoms with Crippen LogP contribution in [0.1, 0.15) is 54.9 Å². The van der Waals surface area contributed by atoms with E-state index in [1.54, 1.807) is 20.8 Å². The first kappa shape index (κ1) is 32.3. The van der Waals surface area contributed by atoms with Crippen LogP contribution in [-0.4, -0.2) is 91.6 Å². The Morgan fingerprint density at radius 2 is 1.65 bits per heavy atom. The standard InChI is InChI=1S/C25H45N5O7/c1-13(2)11-17(22(32)29-20(15(5)6)25(35)36-8)28-18(31)12-27-23(33)21-16(7)37-10-9-30(21)24(34)19(26)14(3)4/h13-17,19-21H,9-12,26H2,1-8H3,(H,27,33)(H,28,31)(H,29,32)/t16-,17-,19-,20-,21+/m1/s1. The number of nitrogens with one attached hydrogen (secondary N) is 3. The molecule has 0 radical (unpaired) electrons. The third-order valence-electron chi connectivity index (χ3n) is 6.25. The van der Waals surface area contributed by atoms with Gasteiger partial charge in [0.05, 0.1) is 32.4 Å². The van der Waals surface area contributed by atoms with Crippen molar-refractivity contribution in [3.8, 4) is 0 Å². The van der Waals surface area contributed by atoms with Crippen molar-refractivity contribution >= 4 is 29.6 Å². The molecule has 0 aliphatic carbocycles. The Morgan fingerprint density at radius 1 is 1.03 bits per heavy atom. The highest BCUT2D eigenvalue weighted by Gasteiger charge is 2.40. The number of hydrogen-bond donors (Lipinski definition) is 4. The van der Waals surface area contributed by atoms with Gasteiger partial charge in [-0.3, -0.25) is 19.2 Å². The van der Waals surface area contributed by atoms with Crippen molar-refractivity contribution in [3.05, 3.63) is 0 Å². The van der Waals surface area contributed by atoms with E-state index in [4.69, 9.17) is 15.2 Å². The Hall–Kier alpha value is -2.73. The Kier molecular flexibility index (Phi) is 13.0. The van der Waals surface area contributed by atoms with Crippen LogP contribution in [0.25, 0.3) is 0 Å². The maximum atomic E-state index is 13.0. The van der Waals surface area contributed by atoms with Gasteiger partial charge >= 0.3 is 5.97 Å². The summed E-state index contributed by atoms with van der Waals surface area (Å²) in [6.07, 6.45) is -0.272. The summed E-state index contributed by atoms with van der Waals surface area (Å²) in [5.41, 5.74) is 6.03. The molecular weight excluding hydrogens is 482 g/mol. The molecule has 1 aliphatic heterocycles. The van der Waals surface area contributed by atoms with Crippen molar-refractivity contribution in [2.75, 3.05) is 26.8 Å². The number of ether oxygens (including phenoxy) is 2. The molecule has 0 aromatic rings. The number of morpholine rings is 1. The number of methoxy groups -OCH3 is 1. The zero-order valence-electron chi connectivity index (χ0n) is 23.3. The molecule has 12 heteroatoms. The molecule has 0 saturated carbocycles. The number of carbonyl (C=O) groups is 5. The van der Waals surface area contributed by atoms with Crippen LogP contribution in [-0.2, 0) is 33.4 Å². The van der Waals surface area contributed by atoms with Crippen LogP contribution >= 0.6 is 0 Å². The second kappa shape index (κ2) is 14.9. The molecule has 1 aliphatic rings. The van der Waals surface area contributed by atoms with E-state index in [0.29, 0.717) is 6.42 Å². The van der Waals surface area contributed by atoms with Crippen molar-refractivity contribution in [1.29, 1.82) is 0 Å². The van der Waals surface area contributed by atoms with E-state index in [1.165, 1.54) is 12.0 Å². The lowest BCUT2D eigenvalue weighted by molar-refractivity contribution is -0.156. The van der Waals surface area contributed by atoms with Crippen molar-refractivity contribution in [2.24, 2.45) is 23.5 Å². The zero-order valence-corrected chi connectivity index (χ0v) is 23.3. The third-order valence-corrected chi connectivity index (χ3v) is 6.25. The van der Waals surface area contributed by atoms with Crippen LogP contribution in [0, 0.1) is 17.8 Å². The Morgan fingerprint density at radius 3 is 2.16 bits per heavy atom. The number of nitrogens with two attached hydrogens (primary N) is 1. The van der Waals surface area contributed by atoms with E-state index >= 15 is 0 Å². The minimum Gasteiger partial charge on any atom is -0.467 e. The molecule has 0 bridgehead atoms. The molecule has 5 atom stereocenters. The van der Waals surface area contributed by atoms with Crippen molar-refractivity contribution in [3.63, 3.8) is 0 Å². The summed E-state index contributed by atoms with van der Waals surface area (Å²) in [4.78, 5) is 65.0. The van der Waals surface area contributed by atoms with E-state index in [1.807, 2.05) is 27.7 Å². The van der Waals surface area contributed by atoms with E-state index in [0.717, 1.165) is 0 Å². The summed E-state index contributed by atoms with van der Waals surface area (Å²) >= 11 is 0. The molecule has 212 valence electrons. The summed E-state index contributed by atoms with van der Waals surface area (Å²) in [5, 5.41) is 7.83. The van der Waals surface area contributed by atoms with Crippen LogP contribution in [0.3, 0.4) is 0 Å². The summed E-state index contributed by atoms with van der Waals surface area (Å²) in [5.74, 6) is -2.87. The van der Waals surface area contributed by atoms with Crippen LogP contribution < -0.4 is 21.7 Å². The minimum atomic E-state index is -0.944. The lowest BCUT2D eigenvalue weighted by atomic mass is 10.00. The molecule has 4 amide bonds. The highest BCUT2D eigenvalue weighted by Crippen LogP contribution is 2.17. The molecule has 1 saturated heterocycles. The average Bonchev–Trinajstić information content (AvgIpc) is 2.83. The molecule has 0 unspecified atom stereocenters. The molecule has 5 N–H and O–H groups in total. The number of esters is 1. The van der Waals surface area contributed by atoms with Crippen molar-refractivity contribution in [1.82, 2.24) is 20.9 Å². The smallest absolute Gasteiger partial charge is 0.328 e. The Bertz CT molecular complexity index is 817. The predicted molar refractivity (Wildman–Crippen MR) is 137 cm³/mol. The first-order chi connectivity index (χ1) is 17.2. The highest BCUT2D eigenvalue weighted by molar-refractivity contribution is 5.94. The minimum absolute atomic E-state index is 0.0613. The number of nitrogens with zero attached hydrogens (tertiary/aromatic N) is 1. The van der Waals surface area contributed by atoms with Gasteiger partial charge in [0.2, 0.25) is 23.6 Å². The summed E-state index contributed by atoms with van der Waals surface area (Å²) in [6.45, 7) is 12.7. The quantitative estimate of drug-likeness (QED) is 0.247. The molecule has 0 aromatic heterocycles. The fourth-order valence-electron chi connectivity index (χ4n) is 4.00. The fraction of sp³-hybridized carbons (Fsp3) is 0.800. The molecule has 37 heavy (non-hydrogen) atoms. The maximum absolute atomic E-state index is 13.0. The van der Waals surface area contributed by atoms with E-state index < -0.39 is 60.5 Å². The van der Waals surface area contributed by atoms with Gasteiger partial charge in [0.25, 0.3) is 0 Å². The third kappa shape index (κ3) is 9.58. The summed E-state index contributed by atoms with van der Waals surface area (Å²) in [6, 6.07) is -3.49. The second-order valence-electron chi connectivity index (χ2n) is 10.5. The second-order valence-corrected chi connectivity index (χ2v) is 10.5. The number of amides is 4.